The van der Waals surface area contributed by atoms with Crippen molar-refractivity contribution in [3.05, 3.63) is 0 Å². The quantitative estimate of drug-likeness (QED) is 0.345. The molecule has 0 fully saturated rings. The Morgan fingerprint density at radius 3 is 1.41 bits per heavy atom. The summed E-state index contributed by atoms with van der Waals surface area (Å²) in [5.74, 6) is 1.02. The Bertz CT molecular complexity index is 127. The monoisotopic (exact) mass is 316 g/mol. The number of terminal acetylenes is 1. The fourth-order valence-corrected chi connectivity index (χ4v) is 1.82. The van der Waals surface area contributed by atoms with Gasteiger partial charge < -0.3 is 5.11 Å². The number of hydrogen-bond acceptors (Lipinski definition) is 1. The molecule has 1 unspecified atom stereocenters. The summed E-state index contributed by atoms with van der Waals surface area (Å²) in [5.41, 5.74) is 0. The normalized spacial score (nSPS) is 9.23. The highest BCUT2D eigenvalue weighted by atomic mass is 16.2. The van der Waals surface area contributed by atoms with E-state index in [9.17, 15) is 0 Å². The molecule has 0 aliphatic heterocycles. The minimum absolute atomic E-state index is 0.319. The van der Waals surface area contributed by atoms with E-state index >= 15 is 0 Å². The molecule has 22 heavy (non-hydrogen) atoms. The lowest BCUT2D eigenvalue weighted by Crippen LogP contribution is -1.97. The van der Waals surface area contributed by atoms with Crippen molar-refractivity contribution in [1.29, 1.82) is 0 Å². The predicted molar refractivity (Wildman–Crippen MR) is 107 cm³/mol. The van der Waals surface area contributed by atoms with Crippen molar-refractivity contribution in [2.24, 2.45) is 5.92 Å². The topological polar surface area (TPSA) is 20.2 Å². The van der Waals surface area contributed by atoms with Crippen LogP contribution in [-0.4, -0.2) is 11.7 Å². The van der Waals surface area contributed by atoms with Gasteiger partial charge in [0.05, 0.1) is 0 Å². The van der Waals surface area contributed by atoms with Gasteiger partial charge >= 0.3 is 0 Å². The fraction of sp³-hybridized carbons (Fsp3) is 0.905. The highest BCUT2D eigenvalue weighted by Crippen LogP contribution is 2.18. The molecule has 0 aliphatic carbocycles. The minimum Gasteiger partial charge on any atom is -0.396 e. The van der Waals surface area contributed by atoms with Crippen molar-refractivity contribution < 1.29 is 5.11 Å². The van der Waals surface area contributed by atoms with Crippen molar-refractivity contribution >= 4 is 0 Å². The third-order valence-electron chi connectivity index (χ3n) is 2.96. The number of unbranched alkanes of at least 4 members (excludes halogenated alkanes) is 3. The zero-order valence-corrected chi connectivity index (χ0v) is 17.3. The van der Waals surface area contributed by atoms with Crippen LogP contribution in [0, 0.1) is 18.8 Å². The number of aliphatic hydroxyl groups excluding tert-OH is 1. The minimum atomic E-state index is 0.319. The summed E-state index contributed by atoms with van der Waals surface area (Å²) in [6, 6.07) is 0. The first-order valence-corrected chi connectivity index (χ1v) is 9.70. The molecule has 0 saturated carbocycles. The summed E-state index contributed by atoms with van der Waals surface area (Å²) >= 11 is 0. The summed E-state index contributed by atoms with van der Waals surface area (Å²) in [5, 5.41) is 7.88. The van der Waals surface area contributed by atoms with Gasteiger partial charge in [0, 0.05) is 6.61 Å². The van der Waals surface area contributed by atoms with Crippen LogP contribution < -0.4 is 0 Å². The van der Waals surface area contributed by atoms with Crippen LogP contribution >= 0.6 is 0 Å². The number of hydrogen-bond donors (Lipinski definition) is 1. The third kappa shape index (κ3) is 50.4. The summed E-state index contributed by atoms with van der Waals surface area (Å²) in [4.78, 5) is 0. The van der Waals surface area contributed by atoms with Gasteiger partial charge in [-0.3, -0.25) is 0 Å². The van der Waals surface area contributed by atoms with Crippen LogP contribution in [0.2, 0.25) is 0 Å². The number of aliphatic hydroxyl groups is 1. The molecule has 138 valence electrons. The summed E-state index contributed by atoms with van der Waals surface area (Å²) in [6.45, 7) is 17.2. The van der Waals surface area contributed by atoms with Gasteiger partial charge in [0.25, 0.3) is 0 Å². The molecule has 0 aliphatic rings. The first-order chi connectivity index (χ1) is 10.8. The van der Waals surface area contributed by atoms with Gasteiger partial charge in [0.15, 0.2) is 0 Å². The molecule has 0 saturated heterocycles. The van der Waals surface area contributed by atoms with Crippen LogP contribution in [0.25, 0.3) is 0 Å². The second kappa shape index (κ2) is 49.9. The van der Waals surface area contributed by atoms with E-state index in [1.807, 2.05) is 34.6 Å². The van der Waals surface area contributed by atoms with Gasteiger partial charge in [0.2, 0.25) is 0 Å². The van der Waals surface area contributed by atoms with Gasteiger partial charge in [-0.15, -0.1) is 12.8 Å². The Kier molecular flexibility index (Phi) is 75.3. The molecule has 0 aromatic carbocycles. The molecule has 0 spiro atoms. The first-order valence-electron chi connectivity index (χ1n) is 9.70. The SMILES string of the molecule is C#C.CC.CC.CCCCCCC(CC)CCC.CCCO. The molecule has 0 amide bonds. The first kappa shape index (κ1) is 33.2. The van der Waals surface area contributed by atoms with Gasteiger partial charge in [-0.1, -0.05) is 107 Å². The maximum Gasteiger partial charge on any atom is 0.0428 e. The molecule has 0 aromatic rings. The van der Waals surface area contributed by atoms with Crippen molar-refractivity contribution in [2.45, 2.75) is 113 Å². The summed E-state index contributed by atoms with van der Waals surface area (Å²) < 4.78 is 0. The van der Waals surface area contributed by atoms with E-state index in [2.05, 4.69) is 33.6 Å². The zero-order valence-electron chi connectivity index (χ0n) is 17.3. The maximum atomic E-state index is 7.88. The molecule has 0 rings (SSSR count). The van der Waals surface area contributed by atoms with E-state index in [-0.39, 0.29) is 0 Å². The third-order valence-corrected chi connectivity index (χ3v) is 2.96. The highest BCUT2D eigenvalue weighted by Gasteiger charge is 2.03. The van der Waals surface area contributed by atoms with E-state index in [4.69, 9.17) is 5.11 Å². The van der Waals surface area contributed by atoms with Crippen LogP contribution in [0.5, 0.6) is 0 Å². The number of rotatable bonds is 9. The molecule has 1 atom stereocenters. The van der Waals surface area contributed by atoms with Gasteiger partial charge in [-0.25, -0.2) is 0 Å². The molecule has 0 aromatic heterocycles. The molecule has 0 heterocycles. The average molecular weight is 317 g/mol. The summed E-state index contributed by atoms with van der Waals surface area (Å²) in [7, 11) is 0. The van der Waals surface area contributed by atoms with Crippen LogP contribution in [-0.2, 0) is 0 Å². The van der Waals surface area contributed by atoms with E-state index in [0.29, 0.717) is 6.61 Å². The molecular formula is C21H48O. The molecule has 0 bridgehead atoms. The van der Waals surface area contributed by atoms with Crippen molar-refractivity contribution in [1.82, 2.24) is 0 Å². The van der Waals surface area contributed by atoms with Crippen molar-refractivity contribution in [3.63, 3.8) is 0 Å². The Morgan fingerprint density at radius 1 is 0.682 bits per heavy atom. The van der Waals surface area contributed by atoms with Gasteiger partial charge in [-0.2, -0.15) is 0 Å². The van der Waals surface area contributed by atoms with Gasteiger partial charge in [-0.05, 0) is 12.3 Å². The Morgan fingerprint density at radius 2 is 1.14 bits per heavy atom. The molecule has 0 radical (unpaired) electrons. The van der Waals surface area contributed by atoms with Crippen molar-refractivity contribution in [2.75, 3.05) is 6.61 Å². The van der Waals surface area contributed by atoms with Crippen LogP contribution in [0.15, 0.2) is 0 Å². The maximum absolute atomic E-state index is 7.88. The average Bonchev–Trinajstić information content (AvgIpc) is 2.63. The van der Waals surface area contributed by atoms with E-state index in [1.165, 1.54) is 51.4 Å². The lowest BCUT2D eigenvalue weighted by Gasteiger charge is -2.12. The standard InChI is InChI=1S/C12H26.C3H8O.2C2H6.C2H2/c1-4-7-8-9-11-12(6-3)10-5-2;1-2-3-4;3*1-2/h12H,4-11H2,1-3H3;4H,2-3H2,1H3;2*1-2H3;1-2H. The predicted octanol–water partition coefficient (Wildman–Crippen LogP) is 7.47. The fourth-order valence-electron chi connectivity index (χ4n) is 1.82. The molecule has 1 N–H and O–H groups in total. The highest BCUT2D eigenvalue weighted by molar-refractivity contribution is 4.56. The second-order valence-electron chi connectivity index (χ2n) is 4.64. The Labute approximate surface area is 144 Å². The molecule has 1 heteroatoms. The van der Waals surface area contributed by atoms with E-state index in [0.717, 1.165) is 12.3 Å². The zero-order chi connectivity index (χ0) is 18.6. The second-order valence-corrected chi connectivity index (χ2v) is 4.64. The van der Waals surface area contributed by atoms with E-state index < -0.39 is 0 Å². The van der Waals surface area contributed by atoms with Crippen LogP contribution in [0.3, 0.4) is 0 Å². The summed E-state index contributed by atoms with van der Waals surface area (Å²) in [6.07, 6.45) is 20.3. The Hall–Kier alpha value is -0.480. The molecular weight excluding hydrogens is 268 g/mol. The smallest absolute Gasteiger partial charge is 0.0428 e. The van der Waals surface area contributed by atoms with Gasteiger partial charge in [0.1, 0.15) is 0 Å². The largest absolute Gasteiger partial charge is 0.396 e. The molecule has 1 nitrogen and oxygen atoms in total. The van der Waals surface area contributed by atoms with Crippen LogP contribution in [0.4, 0.5) is 0 Å². The van der Waals surface area contributed by atoms with E-state index in [1.54, 1.807) is 0 Å². The Balaban J connectivity index is -0.0000000803. The van der Waals surface area contributed by atoms with Crippen molar-refractivity contribution in [3.8, 4) is 12.8 Å². The lowest BCUT2D eigenvalue weighted by atomic mass is 9.94. The van der Waals surface area contributed by atoms with Crippen LogP contribution in [0.1, 0.15) is 113 Å². The lowest BCUT2D eigenvalue weighted by molar-refractivity contribution is 0.295.